The van der Waals surface area contributed by atoms with E-state index < -0.39 is 11.5 Å². The second-order valence-electron chi connectivity index (χ2n) is 6.03. The van der Waals surface area contributed by atoms with E-state index in [1.165, 1.54) is 6.20 Å². The second-order valence-corrected chi connectivity index (χ2v) is 6.03. The van der Waals surface area contributed by atoms with Gasteiger partial charge in [0.15, 0.2) is 0 Å². The Bertz CT molecular complexity index is 746. The van der Waals surface area contributed by atoms with Crippen molar-refractivity contribution in [2.24, 2.45) is 5.41 Å². The first-order valence-electron chi connectivity index (χ1n) is 7.67. The van der Waals surface area contributed by atoms with Gasteiger partial charge in [0.1, 0.15) is 11.4 Å². The van der Waals surface area contributed by atoms with Crippen LogP contribution in [0.1, 0.15) is 29.6 Å². The lowest BCUT2D eigenvalue weighted by atomic mass is 9.69. The van der Waals surface area contributed by atoms with Gasteiger partial charge in [-0.1, -0.05) is 36.8 Å². The van der Waals surface area contributed by atoms with Crippen LogP contribution in [-0.4, -0.2) is 34.1 Å². The monoisotopic (exact) mass is 313 g/mol. The first-order chi connectivity index (χ1) is 11.1. The lowest BCUT2D eigenvalue weighted by Crippen LogP contribution is -2.45. The van der Waals surface area contributed by atoms with Gasteiger partial charge in [0.05, 0.1) is 6.61 Å². The number of carbonyl (C=O) groups is 1. The van der Waals surface area contributed by atoms with Gasteiger partial charge in [-0.25, -0.2) is 4.98 Å². The van der Waals surface area contributed by atoms with Crippen LogP contribution in [0.5, 0.6) is 0 Å². The highest BCUT2D eigenvalue weighted by Crippen LogP contribution is 2.39. The Balaban J connectivity index is 1.73. The number of hydrogen-bond donors (Lipinski definition) is 3. The summed E-state index contributed by atoms with van der Waals surface area (Å²) in [7, 11) is 0. The van der Waals surface area contributed by atoms with Crippen molar-refractivity contribution in [1.82, 2.24) is 15.3 Å². The maximum atomic E-state index is 12.2. The first kappa shape index (κ1) is 15.4. The zero-order valence-corrected chi connectivity index (χ0v) is 12.7. The highest BCUT2D eigenvalue weighted by Gasteiger charge is 2.36. The van der Waals surface area contributed by atoms with E-state index in [9.17, 15) is 14.7 Å². The van der Waals surface area contributed by atoms with E-state index in [-0.39, 0.29) is 17.6 Å². The lowest BCUT2D eigenvalue weighted by molar-refractivity contribution is 0.0428. The van der Waals surface area contributed by atoms with E-state index in [4.69, 9.17) is 0 Å². The Hall–Kier alpha value is -2.47. The normalized spacial score (nSPS) is 15.7. The molecule has 3 N–H and O–H groups in total. The van der Waals surface area contributed by atoms with Crippen molar-refractivity contribution in [1.29, 1.82) is 0 Å². The molecule has 1 heterocycles. The number of amides is 1. The predicted molar refractivity (Wildman–Crippen MR) is 86.0 cm³/mol. The van der Waals surface area contributed by atoms with E-state index in [2.05, 4.69) is 15.3 Å². The molecule has 0 bridgehead atoms. The van der Waals surface area contributed by atoms with Gasteiger partial charge in [-0.05, 0) is 12.8 Å². The van der Waals surface area contributed by atoms with Gasteiger partial charge >= 0.3 is 0 Å². The number of aliphatic hydroxyl groups excluding tert-OH is 1. The molecule has 1 amide bonds. The van der Waals surface area contributed by atoms with Crippen LogP contribution < -0.4 is 10.9 Å². The summed E-state index contributed by atoms with van der Waals surface area (Å²) in [5.41, 5.74) is 0.0742. The molecule has 1 fully saturated rings. The van der Waals surface area contributed by atoms with Crippen LogP contribution >= 0.6 is 0 Å². The molecule has 1 aliphatic carbocycles. The van der Waals surface area contributed by atoms with E-state index in [1.54, 1.807) is 0 Å². The Morgan fingerprint density at radius 2 is 2.04 bits per heavy atom. The molecule has 0 radical (unpaired) electrons. The third-order valence-electron chi connectivity index (χ3n) is 4.46. The number of hydrogen-bond acceptors (Lipinski definition) is 4. The van der Waals surface area contributed by atoms with Crippen LogP contribution in [-0.2, 0) is 0 Å². The summed E-state index contributed by atoms with van der Waals surface area (Å²) in [6.45, 7) is 0.428. The van der Waals surface area contributed by atoms with Crippen molar-refractivity contribution in [3.63, 3.8) is 0 Å². The van der Waals surface area contributed by atoms with Crippen molar-refractivity contribution in [3.05, 3.63) is 52.4 Å². The number of nitrogens with one attached hydrogen (secondary N) is 2. The van der Waals surface area contributed by atoms with Gasteiger partial charge in [0.25, 0.3) is 11.5 Å². The molecule has 0 aliphatic heterocycles. The summed E-state index contributed by atoms with van der Waals surface area (Å²) in [4.78, 5) is 31.1. The van der Waals surface area contributed by atoms with Crippen molar-refractivity contribution >= 4 is 5.91 Å². The zero-order chi connectivity index (χ0) is 16.3. The molecule has 1 aromatic carbocycles. The number of H-pyrrole nitrogens is 1. The van der Waals surface area contributed by atoms with Gasteiger partial charge in [-0.3, -0.25) is 9.59 Å². The zero-order valence-electron chi connectivity index (χ0n) is 12.7. The summed E-state index contributed by atoms with van der Waals surface area (Å²) in [5.74, 6) is -0.0314. The van der Waals surface area contributed by atoms with Gasteiger partial charge < -0.3 is 15.4 Å². The van der Waals surface area contributed by atoms with Crippen LogP contribution in [0.2, 0.25) is 0 Å². The van der Waals surface area contributed by atoms with Crippen LogP contribution in [0.3, 0.4) is 0 Å². The fourth-order valence-electron chi connectivity index (χ4n) is 2.73. The number of benzene rings is 1. The summed E-state index contributed by atoms with van der Waals surface area (Å²) < 4.78 is 0. The average Bonchev–Trinajstić information content (AvgIpc) is 2.55. The molecule has 1 aromatic heterocycles. The predicted octanol–water partition coefficient (Wildman–Crippen LogP) is 1.33. The number of carbonyl (C=O) groups excluding carboxylic acids is 1. The third kappa shape index (κ3) is 3.17. The molecule has 0 atom stereocenters. The Morgan fingerprint density at radius 1 is 1.30 bits per heavy atom. The largest absolute Gasteiger partial charge is 0.396 e. The van der Waals surface area contributed by atoms with Crippen LogP contribution in [0.4, 0.5) is 0 Å². The molecule has 3 rings (SSSR count). The maximum absolute atomic E-state index is 12.2. The molecule has 6 heteroatoms. The SMILES string of the molecule is O=C(NCC1(CO)CCC1)c1cnc(-c2ccccc2)[nH]c1=O. The summed E-state index contributed by atoms with van der Waals surface area (Å²) in [6.07, 6.45) is 4.14. The minimum absolute atomic E-state index is 0.0166. The van der Waals surface area contributed by atoms with Crippen molar-refractivity contribution in [2.75, 3.05) is 13.2 Å². The van der Waals surface area contributed by atoms with Gasteiger partial charge in [0, 0.05) is 23.7 Å². The standard InChI is InChI=1S/C17H19N3O3/c21-11-17(7-4-8-17)10-19-15(22)13-9-18-14(20-16(13)23)12-5-2-1-3-6-12/h1-3,5-6,9,21H,4,7-8,10-11H2,(H,19,22)(H,18,20,23). The van der Waals surface area contributed by atoms with Crippen LogP contribution in [0.25, 0.3) is 11.4 Å². The van der Waals surface area contributed by atoms with Crippen LogP contribution in [0.15, 0.2) is 41.3 Å². The maximum Gasteiger partial charge on any atom is 0.264 e. The van der Waals surface area contributed by atoms with Crippen molar-refractivity contribution < 1.29 is 9.90 Å². The quantitative estimate of drug-likeness (QED) is 0.776. The summed E-state index contributed by atoms with van der Waals surface area (Å²) in [5, 5.41) is 12.1. The number of rotatable bonds is 5. The van der Waals surface area contributed by atoms with Gasteiger partial charge in [-0.15, -0.1) is 0 Å². The molecule has 6 nitrogen and oxygen atoms in total. The Kier molecular flexibility index (Phi) is 4.25. The molecule has 0 saturated heterocycles. The first-order valence-corrected chi connectivity index (χ1v) is 7.67. The van der Waals surface area contributed by atoms with Crippen molar-refractivity contribution in [3.8, 4) is 11.4 Å². The van der Waals surface area contributed by atoms with E-state index in [0.717, 1.165) is 24.8 Å². The molecule has 1 aliphatic rings. The topological polar surface area (TPSA) is 95.1 Å². The molecule has 120 valence electrons. The molecular weight excluding hydrogens is 294 g/mol. The Morgan fingerprint density at radius 3 is 2.61 bits per heavy atom. The van der Waals surface area contributed by atoms with E-state index in [1.807, 2.05) is 30.3 Å². The minimum Gasteiger partial charge on any atom is -0.396 e. The van der Waals surface area contributed by atoms with Crippen molar-refractivity contribution in [2.45, 2.75) is 19.3 Å². The Labute approximate surface area is 133 Å². The minimum atomic E-state index is -0.469. The summed E-state index contributed by atoms with van der Waals surface area (Å²) in [6, 6.07) is 9.24. The second kappa shape index (κ2) is 6.34. The van der Waals surface area contributed by atoms with Gasteiger partial charge in [0.2, 0.25) is 0 Å². The fraction of sp³-hybridized carbons (Fsp3) is 0.353. The van der Waals surface area contributed by atoms with Crippen LogP contribution in [0, 0.1) is 5.41 Å². The molecular formula is C17H19N3O3. The number of aliphatic hydroxyl groups is 1. The molecule has 0 spiro atoms. The average molecular weight is 313 g/mol. The fourth-order valence-corrected chi connectivity index (χ4v) is 2.73. The molecule has 1 saturated carbocycles. The molecule has 2 aromatic rings. The number of aromatic nitrogens is 2. The third-order valence-corrected chi connectivity index (χ3v) is 4.46. The lowest BCUT2D eigenvalue weighted by Gasteiger charge is -2.40. The number of aromatic amines is 1. The summed E-state index contributed by atoms with van der Waals surface area (Å²) >= 11 is 0. The highest BCUT2D eigenvalue weighted by atomic mass is 16.3. The smallest absolute Gasteiger partial charge is 0.264 e. The van der Waals surface area contributed by atoms with E-state index >= 15 is 0 Å². The molecule has 0 unspecified atom stereocenters. The highest BCUT2D eigenvalue weighted by molar-refractivity contribution is 5.93. The number of nitrogens with zero attached hydrogens (tertiary/aromatic N) is 1. The van der Waals surface area contributed by atoms with E-state index in [0.29, 0.717) is 12.4 Å². The molecule has 23 heavy (non-hydrogen) atoms. The van der Waals surface area contributed by atoms with Gasteiger partial charge in [-0.2, -0.15) is 0 Å².